The number of morpholine rings is 1. The Bertz CT molecular complexity index is 948. The fraction of sp³-hybridized carbons (Fsp3) is 0.391. The van der Waals surface area contributed by atoms with E-state index in [9.17, 15) is 4.79 Å². The normalized spacial score (nSPS) is 14.5. The number of carbonyl (C=O) groups is 1. The van der Waals surface area contributed by atoms with Crippen LogP contribution in [0.15, 0.2) is 42.5 Å². The number of fused-ring (bicyclic) bond motifs is 1. The maximum Gasteiger partial charge on any atom is 0.260 e. The van der Waals surface area contributed by atoms with Crippen molar-refractivity contribution >= 4 is 45.0 Å². The van der Waals surface area contributed by atoms with Crippen LogP contribution in [0.1, 0.15) is 27.9 Å². The first-order valence-corrected chi connectivity index (χ1v) is 11.0. The summed E-state index contributed by atoms with van der Waals surface area (Å²) in [4.78, 5) is 22.5. The van der Waals surface area contributed by atoms with Crippen LogP contribution in [0.25, 0.3) is 10.2 Å². The van der Waals surface area contributed by atoms with Crippen molar-refractivity contribution in [1.82, 2.24) is 9.88 Å². The molecule has 0 unspecified atom stereocenters. The zero-order valence-corrected chi connectivity index (χ0v) is 19.1. The van der Waals surface area contributed by atoms with Crippen LogP contribution in [0.3, 0.4) is 0 Å². The van der Waals surface area contributed by atoms with E-state index < -0.39 is 0 Å². The number of rotatable bonds is 6. The number of aromatic nitrogens is 1. The van der Waals surface area contributed by atoms with Crippen molar-refractivity contribution in [3.8, 4) is 0 Å². The van der Waals surface area contributed by atoms with E-state index in [4.69, 9.17) is 9.72 Å². The molecule has 7 heteroatoms. The topological polar surface area (TPSA) is 45.7 Å². The van der Waals surface area contributed by atoms with Crippen LogP contribution in [0.2, 0.25) is 0 Å². The molecule has 0 saturated carbocycles. The highest BCUT2D eigenvalue weighted by Gasteiger charge is 2.22. The highest BCUT2D eigenvalue weighted by Crippen LogP contribution is 2.30. The van der Waals surface area contributed by atoms with E-state index in [2.05, 4.69) is 17.0 Å². The number of thiazole rings is 1. The summed E-state index contributed by atoms with van der Waals surface area (Å²) in [6, 6.07) is 14.1. The van der Waals surface area contributed by atoms with E-state index in [0.717, 1.165) is 71.3 Å². The number of hydrogen-bond acceptors (Lipinski definition) is 5. The third-order valence-electron chi connectivity index (χ3n) is 5.19. The van der Waals surface area contributed by atoms with Gasteiger partial charge in [-0.25, -0.2) is 4.98 Å². The molecule has 4 rings (SSSR count). The molecule has 0 bridgehead atoms. The fourth-order valence-electron chi connectivity index (χ4n) is 3.79. The second kappa shape index (κ2) is 10.4. The zero-order valence-electron chi connectivity index (χ0n) is 17.5. The molecule has 1 aromatic heterocycles. The molecule has 0 N–H and O–H groups in total. The van der Waals surface area contributed by atoms with Crippen LogP contribution in [0.5, 0.6) is 0 Å². The first-order valence-electron chi connectivity index (χ1n) is 10.2. The Morgan fingerprint density at radius 3 is 2.53 bits per heavy atom. The number of hydrogen-bond donors (Lipinski definition) is 0. The Balaban J connectivity index is 0.00000256. The van der Waals surface area contributed by atoms with Crippen LogP contribution in [0, 0.1) is 13.8 Å². The number of halogens is 1. The van der Waals surface area contributed by atoms with Crippen molar-refractivity contribution < 1.29 is 9.53 Å². The van der Waals surface area contributed by atoms with Gasteiger partial charge >= 0.3 is 0 Å². The highest BCUT2D eigenvalue weighted by atomic mass is 35.5. The molecule has 0 spiro atoms. The minimum atomic E-state index is 0. The number of carbonyl (C=O) groups excluding carboxylic acids is 1. The predicted octanol–water partition coefficient (Wildman–Crippen LogP) is 4.70. The van der Waals surface area contributed by atoms with Gasteiger partial charge in [0, 0.05) is 31.7 Å². The summed E-state index contributed by atoms with van der Waals surface area (Å²) in [7, 11) is 0. The number of aryl methyl sites for hydroxylation is 2. The Kier molecular flexibility index (Phi) is 7.83. The van der Waals surface area contributed by atoms with Gasteiger partial charge in [0.05, 0.1) is 23.4 Å². The molecular weight excluding hydrogens is 418 g/mol. The number of ether oxygens (including phenoxy) is 1. The van der Waals surface area contributed by atoms with Gasteiger partial charge in [-0.1, -0.05) is 40.7 Å². The Labute approximate surface area is 188 Å². The van der Waals surface area contributed by atoms with Gasteiger partial charge < -0.3 is 4.74 Å². The second-order valence-corrected chi connectivity index (χ2v) is 8.61. The molecule has 3 aromatic rings. The van der Waals surface area contributed by atoms with Gasteiger partial charge in [-0.15, -0.1) is 12.4 Å². The van der Waals surface area contributed by atoms with Crippen molar-refractivity contribution in [3.05, 3.63) is 59.2 Å². The van der Waals surface area contributed by atoms with E-state index >= 15 is 0 Å². The smallest absolute Gasteiger partial charge is 0.260 e. The lowest BCUT2D eigenvalue weighted by Crippen LogP contribution is -2.39. The SMILES string of the molecule is Cc1cc(C)cc(C(=O)N(CCCN2CCOCC2)c2nc3ccccc3s2)c1.Cl. The van der Waals surface area contributed by atoms with Gasteiger partial charge in [-0.3, -0.25) is 14.6 Å². The molecule has 30 heavy (non-hydrogen) atoms. The summed E-state index contributed by atoms with van der Waals surface area (Å²) < 4.78 is 6.54. The number of benzene rings is 2. The summed E-state index contributed by atoms with van der Waals surface area (Å²) in [5.74, 6) is 0.0258. The molecule has 0 aliphatic carbocycles. The standard InChI is InChI=1S/C23H27N3O2S.ClH/c1-17-14-18(2)16-19(15-17)22(27)26(9-5-8-25-10-12-28-13-11-25)23-24-20-6-3-4-7-21(20)29-23;/h3-4,6-7,14-16H,5,8-13H2,1-2H3;1H. The Morgan fingerprint density at radius 2 is 1.83 bits per heavy atom. The molecule has 5 nitrogen and oxygen atoms in total. The summed E-state index contributed by atoms with van der Waals surface area (Å²) >= 11 is 1.58. The monoisotopic (exact) mass is 445 g/mol. The van der Waals surface area contributed by atoms with Crippen molar-refractivity contribution in [2.45, 2.75) is 20.3 Å². The third-order valence-corrected chi connectivity index (χ3v) is 6.25. The van der Waals surface area contributed by atoms with E-state index in [0.29, 0.717) is 6.54 Å². The Morgan fingerprint density at radius 1 is 1.13 bits per heavy atom. The summed E-state index contributed by atoms with van der Waals surface area (Å²) in [6.45, 7) is 9.20. The lowest BCUT2D eigenvalue weighted by atomic mass is 10.1. The minimum Gasteiger partial charge on any atom is -0.379 e. The maximum absolute atomic E-state index is 13.5. The minimum absolute atomic E-state index is 0. The van der Waals surface area contributed by atoms with Crippen LogP contribution in [-0.2, 0) is 4.74 Å². The molecule has 1 fully saturated rings. The van der Waals surface area contributed by atoms with Gasteiger partial charge in [-0.2, -0.15) is 0 Å². The van der Waals surface area contributed by atoms with Gasteiger partial charge in [-0.05, 0) is 44.5 Å². The number of para-hydroxylation sites is 1. The van der Waals surface area contributed by atoms with Crippen molar-refractivity contribution in [2.75, 3.05) is 44.3 Å². The second-order valence-electron chi connectivity index (χ2n) is 7.60. The first-order chi connectivity index (χ1) is 14.1. The maximum atomic E-state index is 13.5. The molecule has 160 valence electrons. The van der Waals surface area contributed by atoms with Crippen LogP contribution < -0.4 is 4.90 Å². The van der Waals surface area contributed by atoms with Gasteiger partial charge in [0.15, 0.2) is 5.13 Å². The number of nitrogens with zero attached hydrogens (tertiary/aromatic N) is 3. The lowest BCUT2D eigenvalue weighted by molar-refractivity contribution is 0.0376. The molecule has 1 saturated heterocycles. The number of amides is 1. The summed E-state index contributed by atoms with van der Waals surface area (Å²) in [5, 5.41) is 0.775. The van der Waals surface area contributed by atoms with Gasteiger partial charge in [0.1, 0.15) is 0 Å². The summed E-state index contributed by atoms with van der Waals surface area (Å²) in [6.07, 6.45) is 0.909. The molecule has 0 atom stereocenters. The average Bonchev–Trinajstić information content (AvgIpc) is 3.14. The van der Waals surface area contributed by atoms with E-state index in [1.807, 2.05) is 49.1 Å². The molecule has 2 heterocycles. The van der Waals surface area contributed by atoms with Crippen LogP contribution >= 0.6 is 23.7 Å². The Hall–Kier alpha value is -1.99. The quantitative estimate of drug-likeness (QED) is 0.551. The molecule has 1 aliphatic rings. The first kappa shape index (κ1) is 22.7. The number of anilines is 1. The van der Waals surface area contributed by atoms with Gasteiger partial charge in [0.25, 0.3) is 5.91 Å². The third kappa shape index (κ3) is 5.38. The van der Waals surface area contributed by atoms with Crippen molar-refractivity contribution in [2.24, 2.45) is 0 Å². The molecule has 1 amide bonds. The molecule has 0 radical (unpaired) electrons. The van der Waals surface area contributed by atoms with Crippen LogP contribution in [0.4, 0.5) is 5.13 Å². The predicted molar refractivity (Wildman–Crippen MR) is 126 cm³/mol. The average molecular weight is 446 g/mol. The van der Waals surface area contributed by atoms with Crippen molar-refractivity contribution in [3.63, 3.8) is 0 Å². The van der Waals surface area contributed by atoms with Crippen molar-refractivity contribution in [1.29, 1.82) is 0 Å². The fourth-order valence-corrected chi connectivity index (χ4v) is 4.78. The highest BCUT2D eigenvalue weighted by molar-refractivity contribution is 7.22. The van der Waals surface area contributed by atoms with E-state index in [1.165, 1.54) is 0 Å². The molecular formula is C23H28ClN3O2S. The largest absolute Gasteiger partial charge is 0.379 e. The van der Waals surface area contributed by atoms with E-state index in [1.54, 1.807) is 11.3 Å². The summed E-state index contributed by atoms with van der Waals surface area (Å²) in [5.41, 5.74) is 3.88. The van der Waals surface area contributed by atoms with E-state index in [-0.39, 0.29) is 18.3 Å². The molecule has 1 aliphatic heterocycles. The lowest BCUT2D eigenvalue weighted by Gasteiger charge is -2.27. The van der Waals surface area contributed by atoms with Crippen LogP contribution in [-0.4, -0.2) is 55.2 Å². The zero-order chi connectivity index (χ0) is 20.2. The van der Waals surface area contributed by atoms with Gasteiger partial charge in [0.2, 0.25) is 0 Å². The molecule has 2 aromatic carbocycles.